The van der Waals surface area contributed by atoms with Gasteiger partial charge in [0.05, 0.1) is 33.3 Å². The summed E-state index contributed by atoms with van der Waals surface area (Å²) in [6.07, 6.45) is 0. The fraction of sp³-hybridized carbons (Fsp3) is 0. The lowest BCUT2D eigenvalue weighted by Gasteiger charge is -2.18. The molecule has 0 saturated heterocycles. The molecule has 0 bridgehead atoms. The third kappa shape index (κ3) is 3.76. The van der Waals surface area contributed by atoms with Gasteiger partial charge in [-0.3, -0.25) is 4.57 Å². The molecule has 0 aliphatic carbocycles. The van der Waals surface area contributed by atoms with Crippen molar-refractivity contribution in [1.82, 2.24) is 19.1 Å². The van der Waals surface area contributed by atoms with Gasteiger partial charge in [0.15, 0.2) is 5.82 Å². The summed E-state index contributed by atoms with van der Waals surface area (Å²) in [6.45, 7) is 0. The fourth-order valence-electron chi connectivity index (χ4n) is 8.17. The molecule has 0 spiro atoms. The van der Waals surface area contributed by atoms with Gasteiger partial charge in [0, 0.05) is 43.9 Å². The molecule has 0 fully saturated rings. The molecule has 0 amide bonds. The second kappa shape index (κ2) is 10.4. The molecule has 3 aromatic heterocycles. The highest BCUT2D eigenvalue weighted by atomic mass is 15.1. The van der Waals surface area contributed by atoms with Crippen LogP contribution in [-0.4, -0.2) is 19.1 Å². The standard InChI is InChI=1S/C46H28N4/c1-2-14-29(15-3-1)43-42-36-22-5-4-18-32(36)37-23-13-24-38-35-21-8-11-27-41(35)50(44(37)38)46(42)48-45(47-43)30-16-12-17-31(28-30)49-39-25-9-6-19-33(39)34-20-7-10-26-40(34)49/h1-28H. The highest BCUT2D eigenvalue weighted by Crippen LogP contribution is 2.49. The Morgan fingerprint density at radius 3 is 1.66 bits per heavy atom. The lowest BCUT2D eigenvalue weighted by Crippen LogP contribution is -2.06. The lowest BCUT2D eigenvalue weighted by atomic mass is 9.92. The van der Waals surface area contributed by atoms with Crippen molar-refractivity contribution in [1.29, 1.82) is 0 Å². The fourth-order valence-corrected chi connectivity index (χ4v) is 8.17. The van der Waals surface area contributed by atoms with Crippen LogP contribution in [0.1, 0.15) is 0 Å². The van der Waals surface area contributed by atoms with Gasteiger partial charge in [0.2, 0.25) is 0 Å². The minimum absolute atomic E-state index is 0.688. The Morgan fingerprint density at radius 1 is 0.380 bits per heavy atom. The van der Waals surface area contributed by atoms with E-state index < -0.39 is 0 Å². The van der Waals surface area contributed by atoms with Crippen molar-refractivity contribution in [3.05, 3.63) is 170 Å². The van der Waals surface area contributed by atoms with E-state index in [1.165, 1.54) is 49.2 Å². The predicted octanol–water partition coefficient (Wildman–Crippen LogP) is 11.7. The summed E-state index contributed by atoms with van der Waals surface area (Å²) in [4.78, 5) is 11.0. The zero-order valence-corrected chi connectivity index (χ0v) is 27.0. The van der Waals surface area contributed by atoms with E-state index in [2.05, 4.69) is 179 Å². The van der Waals surface area contributed by atoms with E-state index in [0.29, 0.717) is 5.82 Å². The van der Waals surface area contributed by atoms with Gasteiger partial charge < -0.3 is 4.57 Å². The number of rotatable bonds is 3. The largest absolute Gasteiger partial charge is 0.309 e. The number of nitrogens with zero attached hydrogens (tertiary/aromatic N) is 4. The minimum atomic E-state index is 0.688. The van der Waals surface area contributed by atoms with Crippen molar-refractivity contribution in [2.45, 2.75) is 0 Å². The maximum atomic E-state index is 5.56. The Labute approximate surface area is 288 Å². The number of hydrogen-bond donors (Lipinski definition) is 0. The van der Waals surface area contributed by atoms with Crippen LogP contribution in [0.25, 0.3) is 100 Å². The zero-order valence-electron chi connectivity index (χ0n) is 27.0. The molecule has 0 radical (unpaired) electrons. The van der Waals surface area contributed by atoms with E-state index >= 15 is 0 Å². The van der Waals surface area contributed by atoms with Crippen LogP contribution >= 0.6 is 0 Å². The van der Waals surface area contributed by atoms with Crippen LogP contribution in [0.4, 0.5) is 0 Å². The van der Waals surface area contributed by atoms with Crippen LogP contribution in [0.3, 0.4) is 0 Å². The van der Waals surface area contributed by atoms with Gasteiger partial charge in [0.25, 0.3) is 0 Å². The first-order valence-corrected chi connectivity index (χ1v) is 17.0. The summed E-state index contributed by atoms with van der Waals surface area (Å²) < 4.78 is 4.73. The van der Waals surface area contributed by atoms with Crippen LogP contribution in [0, 0.1) is 0 Å². The lowest BCUT2D eigenvalue weighted by molar-refractivity contribution is 1.05. The molecule has 0 unspecified atom stereocenters. The van der Waals surface area contributed by atoms with Crippen molar-refractivity contribution < 1.29 is 0 Å². The van der Waals surface area contributed by atoms with E-state index in [-0.39, 0.29) is 0 Å². The highest BCUT2D eigenvalue weighted by Gasteiger charge is 2.29. The Hall–Kier alpha value is -6.78. The van der Waals surface area contributed by atoms with Gasteiger partial charge in [-0.1, -0.05) is 140 Å². The topological polar surface area (TPSA) is 35.6 Å². The van der Waals surface area contributed by atoms with E-state index in [1.54, 1.807) is 0 Å². The van der Waals surface area contributed by atoms with Gasteiger partial charge in [-0.25, -0.2) is 9.97 Å². The molecule has 0 atom stereocenters. The van der Waals surface area contributed by atoms with Crippen LogP contribution in [0.2, 0.25) is 0 Å². The first-order chi connectivity index (χ1) is 24.8. The maximum absolute atomic E-state index is 5.56. The van der Waals surface area contributed by atoms with E-state index in [9.17, 15) is 0 Å². The van der Waals surface area contributed by atoms with Gasteiger partial charge in [-0.05, 0) is 41.5 Å². The van der Waals surface area contributed by atoms with Crippen molar-refractivity contribution in [3.63, 3.8) is 0 Å². The van der Waals surface area contributed by atoms with Crippen LogP contribution < -0.4 is 0 Å². The van der Waals surface area contributed by atoms with Gasteiger partial charge in [-0.2, -0.15) is 0 Å². The predicted molar refractivity (Wildman–Crippen MR) is 206 cm³/mol. The molecule has 1 aliphatic rings. The van der Waals surface area contributed by atoms with Crippen LogP contribution in [0.5, 0.6) is 0 Å². The van der Waals surface area contributed by atoms with Crippen molar-refractivity contribution in [2.24, 2.45) is 0 Å². The van der Waals surface area contributed by atoms with E-state index in [4.69, 9.17) is 9.97 Å². The molecular weight excluding hydrogens is 609 g/mol. The molecule has 4 heterocycles. The normalized spacial score (nSPS) is 12.0. The quantitative estimate of drug-likeness (QED) is 0.193. The molecular formula is C46H28N4. The van der Waals surface area contributed by atoms with Crippen molar-refractivity contribution >= 4 is 43.6 Å². The molecule has 1 aliphatic heterocycles. The maximum Gasteiger partial charge on any atom is 0.162 e. The monoisotopic (exact) mass is 636 g/mol. The van der Waals surface area contributed by atoms with Gasteiger partial charge in [-0.15, -0.1) is 0 Å². The Morgan fingerprint density at radius 2 is 0.920 bits per heavy atom. The molecule has 10 aromatic rings. The average Bonchev–Trinajstić information content (AvgIpc) is 3.67. The Bertz CT molecular complexity index is 2930. The molecule has 4 heteroatoms. The zero-order chi connectivity index (χ0) is 32.8. The summed E-state index contributed by atoms with van der Waals surface area (Å²) in [5.41, 5.74) is 13.2. The van der Waals surface area contributed by atoms with E-state index in [1.807, 2.05) is 0 Å². The SMILES string of the molecule is c1ccc(-c2nc(-c3cccc(-n4c5ccccc5c5ccccc54)c3)nc3c2-c2ccccc2-c2cccc4c5ccccc5n-3c24)cc1. The van der Waals surface area contributed by atoms with Crippen LogP contribution in [-0.2, 0) is 0 Å². The number of aromatic nitrogens is 4. The second-order valence-electron chi connectivity index (χ2n) is 13.0. The molecule has 11 rings (SSSR count). The molecule has 50 heavy (non-hydrogen) atoms. The molecule has 4 nitrogen and oxygen atoms in total. The van der Waals surface area contributed by atoms with Gasteiger partial charge in [0.1, 0.15) is 5.82 Å². The summed E-state index contributed by atoms with van der Waals surface area (Å²) in [5, 5.41) is 4.91. The molecule has 232 valence electrons. The summed E-state index contributed by atoms with van der Waals surface area (Å²) >= 11 is 0. The van der Waals surface area contributed by atoms with Crippen molar-refractivity contribution in [3.8, 4) is 56.4 Å². The highest BCUT2D eigenvalue weighted by molar-refractivity contribution is 6.17. The Balaban J connectivity index is 1.26. The summed E-state index contributed by atoms with van der Waals surface area (Å²) in [5.74, 6) is 1.58. The number of benzene rings is 7. The summed E-state index contributed by atoms with van der Waals surface area (Å²) in [6, 6.07) is 60.6. The van der Waals surface area contributed by atoms with Crippen molar-refractivity contribution in [2.75, 3.05) is 0 Å². The average molecular weight is 637 g/mol. The molecule has 0 saturated carbocycles. The first-order valence-electron chi connectivity index (χ1n) is 17.0. The number of para-hydroxylation sites is 4. The molecule has 7 aromatic carbocycles. The van der Waals surface area contributed by atoms with E-state index in [0.717, 1.165) is 45.0 Å². The third-order valence-electron chi connectivity index (χ3n) is 10.3. The summed E-state index contributed by atoms with van der Waals surface area (Å²) in [7, 11) is 0. The Kier molecular flexibility index (Phi) is 5.63. The number of hydrogen-bond acceptors (Lipinski definition) is 2. The van der Waals surface area contributed by atoms with Crippen LogP contribution in [0.15, 0.2) is 170 Å². The smallest absolute Gasteiger partial charge is 0.162 e. The molecule has 0 N–H and O–H groups in total. The number of fused-ring (bicyclic) bond motifs is 11. The first kappa shape index (κ1) is 27.2. The second-order valence-corrected chi connectivity index (χ2v) is 13.0. The minimum Gasteiger partial charge on any atom is -0.309 e. The third-order valence-corrected chi connectivity index (χ3v) is 10.3. The van der Waals surface area contributed by atoms with Gasteiger partial charge >= 0.3 is 0 Å².